The molecule has 0 aliphatic carbocycles. The van der Waals surface area contributed by atoms with Gasteiger partial charge in [0.15, 0.2) is 17.2 Å². The molecule has 1 N–H and O–H groups in total. The van der Waals surface area contributed by atoms with Gasteiger partial charge in [-0.25, -0.2) is 4.79 Å². The lowest BCUT2D eigenvalue weighted by molar-refractivity contribution is 0.0514. The molecule has 0 saturated heterocycles. The highest BCUT2D eigenvalue weighted by molar-refractivity contribution is 6.31. The summed E-state index contributed by atoms with van der Waals surface area (Å²) in [4.78, 5) is 11.4. The van der Waals surface area contributed by atoms with Gasteiger partial charge in [0.25, 0.3) is 0 Å². The summed E-state index contributed by atoms with van der Waals surface area (Å²) in [6, 6.07) is 17.6. The fourth-order valence-electron chi connectivity index (χ4n) is 2.52. The van der Waals surface area contributed by atoms with E-state index in [-0.39, 0.29) is 12.3 Å². The molecule has 0 spiro atoms. The Morgan fingerprint density at radius 1 is 0.935 bits per heavy atom. The van der Waals surface area contributed by atoms with Gasteiger partial charge in [-0.05, 0) is 31.2 Å². The van der Waals surface area contributed by atoms with E-state index in [0.717, 1.165) is 11.1 Å². The first-order valence-corrected chi connectivity index (χ1v) is 9.98. The van der Waals surface area contributed by atoms with E-state index in [9.17, 15) is 4.79 Å². The number of hydrogen-bond acceptors (Lipinski definition) is 7. The zero-order chi connectivity index (χ0) is 22.2. The predicted molar refractivity (Wildman–Crippen MR) is 116 cm³/mol. The Morgan fingerprint density at radius 3 is 2.03 bits per heavy atom. The van der Waals surface area contributed by atoms with Crippen LogP contribution in [0.3, 0.4) is 0 Å². The lowest BCUT2D eigenvalue weighted by Gasteiger charge is -1.95. The Morgan fingerprint density at radius 2 is 1.52 bits per heavy atom. The summed E-state index contributed by atoms with van der Waals surface area (Å²) < 4.78 is 14.9. The van der Waals surface area contributed by atoms with Crippen LogP contribution in [0.15, 0.2) is 69.7 Å². The van der Waals surface area contributed by atoms with Gasteiger partial charge in [-0.1, -0.05) is 57.8 Å². The number of rotatable bonds is 5. The van der Waals surface area contributed by atoms with Crippen molar-refractivity contribution in [3.8, 4) is 22.6 Å². The van der Waals surface area contributed by atoms with Crippen LogP contribution in [0.1, 0.15) is 23.1 Å². The first-order valence-electron chi connectivity index (χ1n) is 9.22. The molecule has 0 radical (unpaired) electrons. The number of ether oxygens (including phenoxy) is 1. The Balaban J connectivity index is 0.000000179. The van der Waals surface area contributed by atoms with Crippen molar-refractivity contribution in [1.29, 1.82) is 0 Å². The van der Waals surface area contributed by atoms with Crippen LogP contribution in [-0.2, 0) is 11.3 Å². The van der Waals surface area contributed by atoms with E-state index in [4.69, 9.17) is 42.1 Å². The Hall–Kier alpha value is -3.13. The molecule has 31 heavy (non-hydrogen) atoms. The molecule has 2 heterocycles. The number of nitrogens with zero attached hydrogens (tertiary/aromatic N) is 2. The second-order valence-corrected chi connectivity index (χ2v) is 7.03. The second-order valence-electron chi connectivity index (χ2n) is 6.16. The van der Waals surface area contributed by atoms with Crippen LogP contribution in [0, 0.1) is 0 Å². The first-order chi connectivity index (χ1) is 15.0. The first kappa shape index (κ1) is 22.6. The van der Waals surface area contributed by atoms with Crippen LogP contribution in [0.4, 0.5) is 0 Å². The average Bonchev–Trinajstić information content (AvgIpc) is 3.44. The molecule has 0 atom stereocenters. The molecular weight excluding hydrogens is 443 g/mol. The van der Waals surface area contributed by atoms with E-state index in [2.05, 4.69) is 10.3 Å². The van der Waals surface area contributed by atoms with Crippen molar-refractivity contribution in [1.82, 2.24) is 10.3 Å². The van der Waals surface area contributed by atoms with Gasteiger partial charge in [-0.2, -0.15) is 0 Å². The second kappa shape index (κ2) is 10.8. The number of carbonyl (C=O) groups excluding carboxylic acids is 1. The number of aliphatic hydroxyl groups excluding tert-OH is 1. The van der Waals surface area contributed by atoms with Crippen molar-refractivity contribution >= 4 is 29.2 Å². The molecule has 0 aliphatic rings. The highest BCUT2D eigenvalue weighted by Crippen LogP contribution is 2.24. The maximum Gasteiger partial charge on any atom is 0.360 e. The summed E-state index contributed by atoms with van der Waals surface area (Å²) in [7, 11) is 0. The van der Waals surface area contributed by atoms with Gasteiger partial charge in [0.1, 0.15) is 5.69 Å². The summed E-state index contributed by atoms with van der Waals surface area (Å²) >= 11 is 11.7. The fourth-order valence-corrected chi connectivity index (χ4v) is 2.90. The largest absolute Gasteiger partial charge is 0.461 e. The molecule has 0 bridgehead atoms. The SMILES string of the molecule is CCOC(=O)c1cc(-c2cccc(Cl)c2)on1.OCc1cc(-c2cccc(Cl)c2)on1. The summed E-state index contributed by atoms with van der Waals surface area (Å²) in [5.74, 6) is 0.594. The molecule has 0 aliphatic heterocycles. The molecular formula is C22H18Cl2N2O5. The monoisotopic (exact) mass is 460 g/mol. The molecule has 9 heteroatoms. The summed E-state index contributed by atoms with van der Waals surface area (Å²) in [6.45, 7) is 1.91. The Labute approximate surface area is 188 Å². The number of carbonyl (C=O) groups is 1. The zero-order valence-corrected chi connectivity index (χ0v) is 17.9. The number of benzene rings is 2. The molecule has 160 valence electrons. The van der Waals surface area contributed by atoms with E-state index in [0.29, 0.717) is 33.9 Å². The molecule has 0 amide bonds. The van der Waals surface area contributed by atoms with Crippen molar-refractivity contribution in [2.45, 2.75) is 13.5 Å². The van der Waals surface area contributed by atoms with Crippen LogP contribution in [-0.4, -0.2) is 28.0 Å². The maximum atomic E-state index is 11.4. The van der Waals surface area contributed by atoms with Gasteiger partial charge in [0.2, 0.25) is 0 Å². The normalized spacial score (nSPS) is 10.3. The van der Waals surface area contributed by atoms with E-state index in [1.807, 2.05) is 18.2 Å². The van der Waals surface area contributed by atoms with Crippen LogP contribution in [0.25, 0.3) is 22.6 Å². The smallest absolute Gasteiger partial charge is 0.360 e. The molecule has 7 nitrogen and oxygen atoms in total. The third-order valence-electron chi connectivity index (χ3n) is 3.93. The quantitative estimate of drug-likeness (QED) is 0.383. The number of esters is 1. The number of aliphatic hydroxyl groups is 1. The van der Waals surface area contributed by atoms with Crippen molar-refractivity contribution in [3.05, 3.63) is 82.1 Å². The van der Waals surface area contributed by atoms with Crippen molar-refractivity contribution in [2.24, 2.45) is 0 Å². The van der Waals surface area contributed by atoms with Crippen LogP contribution in [0.5, 0.6) is 0 Å². The van der Waals surface area contributed by atoms with E-state index in [1.165, 1.54) is 6.07 Å². The van der Waals surface area contributed by atoms with Gasteiger partial charge < -0.3 is 18.9 Å². The van der Waals surface area contributed by atoms with Crippen LogP contribution in [0.2, 0.25) is 10.0 Å². The summed E-state index contributed by atoms with van der Waals surface area (Å²) in [5.41, 5.74) is 2.28. The van der Waals surface area contributed by atoms with Crippen molar-refractivity contribution in [2.75, 3.05) is 6.61 Å². The van der Waals surface area contributed by atoms with E-state index >= 15 is 0 Å². The number of halogens is 2. The minimum atomic E-state index is -0.496. The molecule has 2 aromatic heterocycles. The minimum absolute atomic E-state index is 0.121. The fraction of sp³-hybridized carbons (Fsp3) is 0.136. The van der Waals surface area contributed by atoms with Crippen LogP contribution < -0.4 is 0 Å². The minimum Gasteiger partial charge on any atom is -0.461 e. The van der Waals surface area contributed by atoms with Gasteiger partial charge in [0.05, 0.1) is 13.2 Å². The zero-order valence-electron chi connectivity index (χ0n) is 16.4. The Kier molecular flexibility index (Phi) is 7.83. The maximum absolute atomic E-state index is 11.4. The highest BCUT2D eigenvalue weighted by Gasteiger charge is 2.14. The third-order valence-corrected chi connectivity index (χ3v) is 4.40. The molecule has 4 aromatic rings. The molecule has 0 fully saturated rings. The highest BCUT2D eigenvalue weighted by atomic mass is 35.5. The van der Waals surface area contributed by atoms with Gasteiger partial charge >= 0.3 is 5.97 Å². The van der Waals surface area contributed by atoms with E-state index < -0.39 is 5.97 Å². The molecule has 0 unspecified atom stereocenters. The molecule has 0 saturated carbocycles. The number of aromatic nitrogens is 2. The van der Waals surface area contributed by atoms with Crippen molar-refractivity contribution < 1.29 is 23.7 Å². The summed E-state index contributed by atoms with van der Waals surface area (Å²) in [5, 5.41) is 17.4. The topological polar surface area (TPSA) is 98.6 Å². The van der Waals surface area contributed by atoms with Crippen LogP contribution >= 0.6 is 23.2 Å². The predicted octanol–water partition coefficient (Wildman–Crippen LogP) is 5.66. The lowest BCUT2D eigenvalue weighted by atomic mass is 10.1. The number of hydrogen-bond donors (Lipinski definition) is 1. The molecule has 2 aromatic carbocycles. The van der Waals surface area contributed by atoms with Gasteiger partial charge in [0, 0.05) is 33.3 Å². The standard InChI is InChI=1S/C12H10ClNO3.C10H8ClNO2/c1-2-16-12(15)10-7-11(17-14-10)8-4-3-5-9(13)6-8;11-8-3-1-2-7(4-8)10-5-9(6-13)12-14-10/h3-7H,2H2,1H3;1-5,13H,6H2. The van der Waals surface area contributed by atoms with Gasteiger partial charge in [-0.15, -0.1) is 0 Å². The summed E-state index contributed by atoms with van der Waals surface area (Å²) in [6.07, 6.45) is 0. The van der Waals surface area contributed by atoms with Gasteiger partial charge in [-0.3, -0.25) is 0 Å². The van der Waals surface area contributed by atoms with Crippen molar-refractivity contribution in [3.63, 3.8) is 0 Å². The molecule has 4 rings (SSSR count). The van der Waals surface area contributed by atoms with E-state index in [1.54, 1.807) is 43.3 Å². The third kappa shape index (κ3) is 6.18. The lowest BCUT2D eigenvalue weighted by Crippen LogP contribution is -2.04. The average molecular weight is 461 g/mol. The Bertz CT molecular complexity index is 1160.